The van der Waals surface area contributed by atoms with E-state index in [-0.39, 0.29) is 11.8 Å². The number of carbonyl (C=O) groups is 2. The van der Waals surface area contributed by atoms with Gasteiger partial charge in [-0.15, -0.1) is 0 Å². The van der Waals surface area contributed by atoms with Crippen LogP contribution in [0.4, 0.5) is 0 Å². The van der Waals surface area contributed by atoms with Gasteiger partial charge in [-0.25, -0.2) is 0 Å². The molecule has 2 amide bonds. The number of hydrogen-bond donors (Lipinski definition) is 0. The van der Waals surface area contributed by atoms with Crippen molar-refractivity contribution >= 4 is 11.8 Å². The van der Waals surface area contributed by atoms with E-state index >= 15 is 0 Å². The van der Waals surface area contributed by atoms with Gasteiger partial charge in [-0.2, -0.15) is 0 Å². The molecule has 21 heavy (non-hydrogen) atoms. The number of nitrogens with zero attached hydrogens (tertiary/aromatic N) is 3. The Balaban J connectivity index is 1.95. The van der Waals surface area contributed by atoms with Crippen LogP contribution in [0.5, 0.6) is 0 Å². The number of pyridine rings is 1. The van der Waals surface area contributed by atoms with Crippen LogP contribution < -0.4 is 0 Å². The normalized spacial score (nSPS) is 16.0. The van der Waals surface area contributed by atoms with Crippen LogP contribution in [0.2, 0.25) is 0 Å². The number of amides is 2. The average molecular weight is 289 g/mol. The zero-order valence-electron chi connectivity index (χ0n) is 12.8. The Morgan fingerprint density at radius 3 is 2.38 bits per heavy atom. The fraction of sp³-hybridized carbons (Fsp3) is 0.562. The fourth-order valence-corrected chi connectivity index (χ4v) is 2.53. The van der Waals surface area contributed by atoms with Crippen LogP contribution in [0, 0.1) is 5.92 Å². The third kappa shape index (κ3) is 4.28. The number of rotatable bonds is 3. The molecular formula is C16H23N3O2. The Kier molecular flexibility index (Phi) is 5.31. The van der Waals surface area contributed by atoms with Crippen LogP contribution in [0.3, 0.4) is 0 Å². The van der Waals surface area contributed by atoms with Crippen LogP contribution in [-0.2, 0) is 4.79 Å². The van der Waals surface area contributed by atoms with Gasteiger partial charge in [0.25, 0.3) is 5.91 Å². The molecule has 1 aromatic rings. The third-order valence-corrected chi connectivity index (χ3v) is 3.65. The first-order valence-electron chi connectivity index (χ1n) is 7.55. The van der Waals surface area contributed by atoms with Gasteiger partial charge in [-0.05, 0) is 24.5 Å². The Bertz CT molecular complexity index is 488. The lowest BCUT2D eigenvalue weighted by Gasteiger charge is -2.23. The van der Waals surface area contributed by atoms with E-state index < -0.39 is 0 Å². The lowest BCUT2D eigenvalue weighted by Crippen LogP contribution is -2.37. The predicted octanol–water partition coefficient (Wildman–Crippen LogP) is 1.80. The molecule has 1 saturated heterocycles. The molecule has 0 N–H and O–H groups in total. The second-order valence-corrected chi connectivity index (χ2v) is 5.86. The van der Waals surface area contributed by atoms with E-state index in [1.54, 1.807) is 24.5 Å². The van der Waals surface area contributed by atoms with Crippen LogP contribution >= 0.6 is 0 Å². The summed E-state index contributed by atoms with van der Waals surface area (Å²) in [5, 5.41) is 0. The van der Waals surface area contributed by atoms with Crippen LogP contribution in [0.1, 0.15) is 37.0 Å². The molecule has 0 spiro atoms. The molecule has 5 heteroatoms. The summed E-state index contributed by atoms with van der Waals surface area (Å²) in [5.74, 6) is 0.592. The summed E-state index contributed by atoms with van der Waals surface area (Å²) in [6, 6.07) is 3.46. The van der Waals surface area contributed by atoms with Gasteiger partial charge in [-0.1, -0.05) is 13.8 Å². The van der Waals surface area contributed by atoms with Crippen molar-refractivity contribution in [3.05, 3.63) is 30.1 Å². The minimum absolute atomic E-state index is 0.0237. The molecule has 0 radical (unpaired) electrons. The second kappa shape index (κ2) is 7.20. The summed E-state index contributed by atoms with van der Waals surface area (Å²) in [4.78, 5) is 32.2. The van der Waals surface area contributed by atoms with Gasteiger partial charge < -0.3 is 9.80 Å². The molecule has 2 heterocycles. The molecule has 0 unspecified atom stereocenters. The van der Waals surface area contributed by atoms with Crippen molar-refractivity contribution in [2.75, 3.05) is 26.2 Å². The van der Waals surface area contributed by atoms with Crippen molar-refractivity contribution in [1.29, 1.82) is 0 Å². The van der Waals surface area contributed by atoms with E-state index in [4.69, 9.17) is 0 Å². The Hall–Kier alpha value is -1.91. The third-order valence-electron chi connectivity index (χ3n) is 3.65. The molecule has 0 saturated carbocycles. The molecule has 0 bridgehead atoms. The SMILES string of the molecule is CC(C)CC(=O)N1CCCN(C(=O)c2ccncc2)CC1. The smallest absolute Gasteiger partial charge is 0.254 e. The van der Waals surface area contributed by atoms with Crippen molar-refractivity contribution in [2.24, 2.45) is 5.92 Å². The molecule has 1 aromatic heterocycles. The second-order valence-electron chi connectivity index (χ2n) is 5.86. The average Bonchev–Trinajstić information content (AvgIpc) is 2.72. The summed E-state index contributed by atoms with van der Waals surface area (Å²) in [6.07, 6.45) is 4.67. The zero-order chi connectivity index (χ0) is 15.2. The van der Waals surface area contributed by atoms with E-state index in [2.05, 4.69) is 18.8 Å². The molecule has 1 aliphatic rings. The minimum atomic E-state index is 0.0237. The highest BCUT2D eigenvalue weighted by Crippen LogP contribution is 2.11. The van der Waals surface area contributed by atoms with Gasteiger partial charge in [0, 0.05) is 50.6 Å². The molecule has 114 valence electrons. The van der Waals surface area contributed by atoms with Crippen molar-refractivity contribution in [2.45, 2.75) is 26.7 Å². The van der Waals surface area contributed by atoms with Crippen molar-refractivity contribution < 1.29 is 9.59 Å². The lowest BCUT2D eigenvalue weighted by molar-refractivity contribution is -0.131. The van der Waals surface area contributed by atoms with E-state index in [0.717, 1.165) is 13.0 Å². The van der Waals surface area contributed by atoms with Crippen molar-refractivity contribution in [3.63, 3.8) is 0 Å². The summed E-state index contributed by atoms with van der Waals surface area (Å²) < 4.78 is 0. The van der Waals surface area contributed by atoms with Gasteiger partial charge >= 0.3 is 0 Å². The lowest BCUT2D eigenvalue weighted by atomic mass is 10.1. The molecule has 0 aliphatic carbocycles. The standard InChI is InChI=1S/C16H23N3O2/c1-13(2)12-15(20)18-8-3-9-19(11-10-18)16(21)14-4-6-17-7-5-14/h4-7,13H,3,8-12H2,1-2H3. The van der Waals surface area contributed by atoms with Gasteiger partial charge in [0.15, 0.2) is 0 Å². The first-order valence-corrected chi connectivity index (χ1v) is 7.55. The Labute approximate surface area is 126 Å². The van der Waals surface area contributed by atoms with Crippen LogP contribution in [0.25, 0.3) is 0 Å². The van der Waals surface area contributed by atoms with E-state index in [9.17, 15) is 9.59 Å². The summed E-state index contributed by atoms with van der Waals surface area (Å²) in [7, 11) is 0. The zero-order valence-corrected chi connectivity index (χ0v) is 12.8. The monoisotopic (exact) mass is 289 g/mol. The molecule has 0 aromatic carbocycles. The molecule has 1 aliphatic heterocycles. The van der Waals surface area contributed by atoms with Crippen LogP contribution in [-0.4, -0.2) is 52.8 Å². The van der Waals surface area contributed by atoms with Crippen LogP contribution in [0.15, 0.2) is 24.5 Å². The summed E-state index contributed by atoms with van der Waals surface area (Å²) in [6.45, 7) is 6.77. The highest BCUT2D eigenvalue weighted by molar-refractivity contribution is 5.94. The fourth-order valence-electron chi connectivity index (χ4n) is 2.53. The molecule has 1 fully saturated rings. The quantitative estimate of drug-likeness (QED) is 0.852. The van der Waals surface area contributed by atoms with E-state index in [1.165, 1.54) is 0 Å². The first-order chi connectivity index (χ1) is 10.1. The van der Waals surface area contributed by atoms with E-state index in [1.807, 2.05) is 9.80 Å². The summed E-state index contributed by atoms with van der Waals surface area (Å²) >= 11 is 0. The Morgan fingerprint density at radius 1 is 1.10 bits per heavy atom. The first kappa shape index (κ1) is 15.5. The van der Waals surface area contributed by atoms with Crippen molar-refractivity contribution in [3.8, 4) is 0 Å². The maximum Gasteiger partial charge on any atom is 0.254 e. The predicted molar refractivity (Wildman–Crippen MR) is 80.8 cm³/mol. The molecule has 2 rings (SSSR count). The van der Waals surface area contributed by atoms with E-state index in [0.29, 0.717) is 37.5 Å². The largest absolute Gasteiger partial charge is 0.341 e. The minimum Gasteiger partial charge on any atom is -0.341 e. The highest BCUT2D eigenvalue weighted by Gasteiger charge is 2.22. The van der Waals surface area contributed by atoms with Gasteiger partial charge in [0.05, 0.1) is 0 Å². The maximum absolute atomic E-state index is 12.4. The summed E-state index contributed by atoms with van der Waals surface area (Å²) in [5.41, 5.74) is 0.659. The van der Waals surface area contributed by atoms with Gasteiger partial charge in [-0.3, -0.25) is 14.6 Å². The highest BCUT2D eigenvalue weighted by atomic mass is 16.2. The number of aromatic nitrogens is 1. The topological polar surface area (TPSA) is 53.5 Å². The van der Waals surface area contributed by atoms with Gasteiger partial charge in [0.1, 0.15) is 0 Å². The molecular weight excluding hydrogens is 266 g/mol. The van der Waals surface area contributed by atoms with Crippen molar-refractivity contribution in [1.82, 2.24) is 14.8 Å². The number of hydrogen-bond acceptors (Lipinski definition) is 3. The maximum atomic E-state index is 12.4. The number of carbonyl (C=O) groups excluding carboxylic acids is 2. The molecule has 5 nitrogen and oxygen atoms in total. The Morgan fingerprint density at radius 2 is 1.71 bits per heavy atom. The molecule has 0 atom stereocenters. The van der Waals surface area contributed by atoms with Gasteiger partial charge in [0.2, 0.25) is 5.91 Å².